The summed E-state index contributed by atoms with van der Waals surface area (Å²) in [6, 6.07) is 0. The van der Waals surface area contributed by atoms with Gasteiger partial charge in [0.1, 0.15) is 0 Å². The molecule has 1 heterocycles. The molecule has 1 aliphatic rings. The highest BCUT2D eigenvalue weighted by Gasteiger charge is 2.22. The molecule has 0 spiro atoms. The van der Waals surface area contributed by atoms with E-state index in [2.05, 4.69) is 44.4 Å². The molecule has 3 atom stereocenters. The topological polar surface area (TPSA) is 23.6 Å². The van der Waals surface area contributed by atoms with E-state index in [1.165, 1.54) is 70.8 Å². The molecule has 3 unspecified atom stereocenters. The largest absolute Gasteiger partial charge is 0.340 e. The fourth-order valence-corrected chi connectivity index (χ4v) is 4.90. The van der Waals surface area contributed by atoms with E-state index in [1.54, 1.807) is 0 Å². The van der Waals surface area contributed by atoms with E-state index < -0.39 is 0 Å². The predicted molar refractivity (Wildman–Crippen MR) is 136 cm³/mol. The molecule has 0 saturated carbocycles. The van der Waals surface area contributed by atoms with Crippen molar-refractivity contribution >= 4 is 5.91 Å². The number of amides is 1. The van der Waals surface area contributed by atoms with Gasteiger partial charge < -0.3 is 4.90 Å². The molecule has 0 aromatic carbocycles. The smallest absolute Gasteiger partial charge is 0.225 e. The molecule has 0 aromatic heterocycles. The highest BCUT2D eigenvalue weighted by molar-refractivity contribution is 5.78. The minimum atomic E-state index is 0.132. The fourth-order valence-electron chi connectivity index (χ4n) is 4.90. The SMILES string of the molecule is CC(C)CCCC(C)CCCC(C)CCCC(C)CCN1CCN(C(=O)C(C)C)CC1. The molecule has 1 rings (SSSR count). The molecule has 0 N–H and O–H groups in total. The Morgan fingerprint density at radius 3 is 1.45 bits per heavy atom. The predicted octanol–water partition coefficient (Wildman–Crippen LogP) is 7.25. The molecule has 0 bridgehead atoms. The Morgan fingerprint density at radius 1 is 0.613 bits per heavy atom. The standard InChI is InChI=1S/C28H56N2O/c1-23(2)11-8-12-25(5)13-9-14-26(6)15-10-16-27(7)17-18-29-19-21-30(22-20-29)28(31)24(3)4/h23-27H,8-22H2,1-7H3. The van der Waals surface area contributed by atoms with Crippen molar-refractivity contribution in [3.8, 4) is 0 Å². The molecular weight excluding hydrogens is 380 g/mol. The highest BCUT2D eigenvalue weighted by atomic mass is 16.2. The fraction of sp³-hybridized carbons (Fsp3) is 0.964. The summed E-state index contributed by atoms with van der Waals surface area (Å²) in [6.07, 6.45) is 14.0. The van der Waals surface area contributed by atoms with Crippen LogP contribution in [-0.4, -0.2) is 48.4 Å². The second-order valence-electron chi connectivity index (χ2n) is 11.6. The number of hydrogen-bond donors (Lipinski definition) is 0. The van der Waals surface area contributed by atoms with Crippen LogP contribution in [0, 0.1) is 29.6 Å². The Balaban J connectivity index is 2.02. The average molecular weight is 437 g/mol. The van der Waals surface area contributed by atoms with E-state index in [0.717, 1.165) is 49.9 Å². The van der Waals surface area contributed by atoms with E-state index in [1.807, 2.05) is 13.8 Å². The van der Waals surface area contributed by atoms with Crippen molar-refractivity contribution in [2.75, 3.05) is 32.7 Å². The van der Waals surface area contributed by atoms with Crippen LogP contribution in [-0.2, 0) is 4.79 Å². The Morgan fingerprint density at radius 2 is 1.03 bits per heavy atom. The summed E-state index contributed by atoms with van der Waals surface area (Å²) in [4.78, 5) is 16.7. The van der Waals surface area contributed by atoms with Crippen molar-refractivity contribution in [3.05, 3.63) is 0 Å². The third-order valence-corrected chi connectivity index (χ3v) is 7.38. The Hall–Kier alpha value is -0.570. The third kappa shape index (κ3) is 13.5. The molecule has 184 valence electrons. The van der Waals surface area contributed by atoms with Gasteiger partial charge in [0.05, 0.1) is 0 Å². The number of hydrogen-bond acceptors (Lipinski definition) is 2. The zero-order valence-corrected chi connectivity index (χ0v) is 22.3. The number of carbonyl (C=O) groups excluding carboxylic acids is 1. The molecule has 1 saturated heterocycles. The van der Waals surface area contributed by atoms with Crippen LogP contribution < -0.4 is 0 Å². The summed E-state index contributed by atoms with van der Waals surface area (Å²) >= 11 is 0. The first-order chi connectivity index (χ1) is 14.7. The van der Waals surface area contributed by atoms with Crippen molar-refractivity contribution in [3.63, 3.8) is 0 Å². The zero-order chi connectivity index (χ0) is 23.2. The van der Waals surface area contributed by atoms with Gasteiger partial charge in [0.25, 0.3) is 0 Å². The lowest BCUT2D eigenvalue weighted by Gasteiger charge is -2.36. The maximum atomic E-state index is 12.1. The molecule has 0 aromatic rings. The summed E-state index contributed by atoms with van der Waals surface area (Å²) in [7, 11) is 0. The summed E-state index contributed by atoms with van der Waals surface area (Å²) in [5, 5.41) is 0. The van der Waals surface area contributed by atoms with E-state index in [-0.39, 0.29) is 5.92 Å². The minimum absolute atomic E-state index is 0.132. The van der Waals surface area contributed by atoms with Crippen LogP contribution in [0.15, 0.2) is 0 Å². The summed E-state index contributed by atoms with van der Waals surface area (Å²) in [5.41, 5.74) is 0. The van der Waals surface area contributed by atoms with Crippen molar-refractivity contribution in [2.24, 2.45) is 29.6 Å². The van der Waals surface area contributed by atoms with Crippen LogP contribution in [0.5, 0.6) is 0 Å². The number of rotatable bonds is 16. The van der Waals surface area contributed by atoms with Crippen LogP contribution in [0.1, 0.15) is 113 Å². The molecule has 3 nitrogen and oxygen atoms in total. The molecule has 1 fully saturated rings. The highest BCUT2D eigenvalue weighted by Crippen LogP contribution is 2.23. The Labute approximate surface area is 195 Å². The lowest BCUT2D eigenvalue weighted by atomic mass is 9.90. The van der Waals surface area contributed by atoms with Gasteiger partial charge in [0, 0.05) is 32.1 Å². The molecule has 0 radical (unpaired) electrons. The van der Waals surface area contributed by atoms with Gasteiger partial charge in [-0.2, -0.15) is 0 Å². The second-order valence-corrected chi connectivity index (χ2v) is 11.6. The van der Waals surface area contributed by atoms with Gasteiger partial charge in [-0.1, -0.05) is 106 Å². The molecule has 1 amide bonds. The maximum absolute atomic E-state index is 12.1. The maximum Gasteiger partial charge on any atom is 0.225 e. The second kappa shape index (κ2) is 16.1. The van der Waals surface area contributed by atoms with Crippen LogP contribution >= 0.6 is 0 Å². The van der Waals surface area contributed by atoms with Gasteiger partial charge >= 0.3 is 0 Å². The average Bonchev–Trinajstić information content (AvgIpc) is 2.71. The van der Waals surface area contributed by atoms with Gasteiger partial charge in [-0.05, 0) is 36.6 Å². The van der Waals surface area contributed by atoms with Gasteiger partial charge in [0.2, 0.25) is 5.91 Å². The van der Waals surface area contributed by atoms with Crippen molar-refractivity contribution in [2.45, 2.75) is 113 Å². The first-order valence-electron chi connectivity index (χ1n) is 13.7. The normalized spacial score (nSPS) is 18.5. The third-order valence-electron chi connectivity index (χ3n) is 7.38. The molecule has 3 heteroatoms. The first-order valence-corrected chi connectivity index (χ1v) is 13.7. The monoisotopic (exact) mass is 436 g/mol. The molecular formula is C28H56N2O. The van der Waals surface area contributed by atoms with E-state index in [0.29, 0.717) is 5.91 Å². The lowest BCUT2D eigenvalue weighted by Crippen LogP contribution is -2.50. The minimum Gasteiger partial charge on any atom is -0.340 e. The zero-order valence-electron chi connectivity index (χ0n) is 22.3. The summed E-state index contributed by atoms with van der Waals surface area (Å²) in [5.74, 6) is 3.94. The Bertz CT molecular complexity index is 454. The number of piperazine rings is 1. The Kier molecular flexibility index (Phi) is 14.8. The van der Waals surface area contributed by atoms with E-state index in [9.17, 15) is 4.79 Å². The quantitative estimate of drug-likeness (QED) is 0.254. The molecule has 0 aliphatic carbocycles. The van der Waals surface area contributed by atoms with Crippen LogP contribution in [0.25, 0.3) is 0 Å². The van der Waals surface area contributed by atoms with Crippen LogP contribution in [0.2, 0.25) is 0 Å². The van der Waals surface area contributed by atoms with Crippen molar-refractivity contribution in [1.29, 1.82) is 0 Å². The lowest BCUT2D eigenvalue weighted by molar-refractivity contribution is -0.136. The van der Waals surface area contributed by atoms with Crippen molar-refractivity contribution in [1.82, 2.24) is 9.80 Å². The number of nitrogens with zero attached hydrogens (tertiary/aromatic N) is 2. The summed E-state index contributed by atoms with van der Waals surface area (Å²) < 4.78 is 0. The van der Waals surface area contributed by atoms with Gasteiger partial charge in [-0.15, -0.1) is 0 Å². The molecule has 1 aliphatic heterocycles. The van der Waals surface area contributed by atoms with E-state index in [4.69, 9.17) is 0 Å². The van der Waals surface area contributed by atoms with Crippen LogP contribution in [0.4, 0.5) is 0 Å². The van der Waals surface area contributed by atoms with Crippen LogP contribution in [0.3, 0.4) is 0 Å². The van der Waals surface area contributed by atoms with Gasteiger partial charge in [-0.25, -0.2) is 0 Å². The van der Waals surface area contributed by atoms with Gasteiger partial charge in [-0.3, -0.25) is 9.69 Å². The molecule has 31 heavy (non-hydrogen) atoms. The van der Waals surface area contributed by atoms with E-state index >= 15 is 0 Å². The first kappa shape index (κ1) is 28.5. The summed E-state index contributed by atoms with van der Waals surface area (Å²) in [6.45, 7) is 21.2. The van der Waals surface area contributed by atoms with Gasteiger partial charge in [0.15, 0.2) is 0 Å². The van der Waals surface area contributed by atoms with Crippen molar-refractivity contribution < 1.29 is 4.79 Å². The number of carbonyl (C=O) groups is 1.